The summed E-state index contributed by atoms with van der Waals surface area (Å²) < 4.78 is 22.9. The van der Waals surface area contributed by atoms with Gasteiger partial charge in [-0.05, 0) is 55.8 Å². The van der Waals surface area contributed by atoms with Crippen LogP contribution in [0.4, 0.5) is 5.69 Å². The Hall–Kier alpha value is -3.04. The number of nitro groups is 1. The number of nitrogens with zero attached hydrogens (tertiary/aromatic N) is 2. The van der Waals surface area contributed by atoms with Crippen LogP contribution in [0.3, 0.4) is 0 Å². The summed E-state index contributed by atoms with van der Waals surface area (Å²) in [5.41, 5.74) is 0.340. The van der Waals surface area contributed by atoms with Crippen LogP contribution in [0.25, 0.3) is 6.08 Å². The van der Waals surface area contributed by atoms with Gasteiger partial charge in [-0.2, -0.15) is 0 Å². The largest absolute Gasteiger partial charge is 0.480 e. The Morgan fingerprint density at radius 2 is 1.76 bits per heavy atom. The molecule has 0 aliphatic rings. The molecule has 2 rings (SSSR count). The van der Waals surface area contributed by atoms with Crippen molar-refractivity contribution in [3.05, 3.63) is 80.1 Å². The van der Waals surface area contributed by atoms with E-state index in [9.17, 15) is 29.4 Å². The molecule has 12 heteroatoms. The lowest BCUT2D eigenvalue weighted by Crippen LogP contribution is -2.35. The van der Waals surface area contributed by atoms with Gasteiger partial charge in [0.1, 0.15) is 6.54 Å². The third-order valence-corrected chi connectivity index (χ3v) is 6.44. The van der Waals surface area contributed by atoms with Gasteiger partial charge in [0.2, 0.25) is 0 Å². The Kier molecular flexibility index (Phi) is 9.95. The van der Waals surface area contributed by atoms with Crippen molar-refractivity contribution in [1.82, 2.24) is 4.90 Å². The van der Waals surface area contributed by atoms with Crippen LogP contribution in [0.1, 0.15) is 35.3 Å². The molecule has 0 aliphatic carbocycles. The highest BCUT2D eigenvalue weighted by Gasteiger charge is 2.24. The van der Waals surface area contributed by atoms with E-state index in [4.69, 9.17) is 20.6 Å². The monoisotopic (exact) mass is 510 g/mol. The summed E-state index contributed by atoms with van der Waals surface area (Å²) in [6, 6.07) is 10.0. The van der Waals surface area contributed by atoms with Gasteiger partial charge in [0, 0.05) is 28.0 Å². The Morgan fingerprint density at radius 1 is 1.15 bits per heavy atom. The first-order chi connectivity index (χ1) is 16.1. The van der Waals surface area contributed by atoms with Crippen molar-refractivity contribution in [3.8, 4) is 0 Å². The van der Waals surface area contributed by atoms with Gasteiger partial charge in [-0.1, -0.05) is 17.7 Å². The van der Waals surface area contributed by atoms with Crippen molar-refractivity contribution in [1.29, 1.82) is 0 Å². The summed E-state index contributed by atoms with van der Waals surface area (Å²) in [5, 5.41) is 21.4. The fourth-order valence-electron chi connectivity index (χ4n) is 2.99. The van der Waals surface area contributed by atoms with Crippen molar-refractivity contribution < 1.29 is 33.2 Å². The average Bonchev–Trinajstić information content (AvgIpc) is 2.78. The third-order valence-electron chi connectivity index (χ3n) is 4.44. The molecular formula is C22H24ClN2O8P. The first kappa shape index (κ1) is 27.2. The molecule has 0 spiro atoms. The van der Waals surface area contributed by atoms with Crippen LogP contribution >= 0.6 is 19.2 Å². The van der Waals surface area contributed by atoms with Gasteiger partial charge in [-0.25, -0.2) is 0 Å². The number of benzene rings is 2. The van der Waals surface area contributed by atoms with Crippen LogP contribution in [0, 0.1) is 10.1 Å². The van der Waals surface area contributed by atoms with Gasteiger partial charge in [-0.3, -0.25) is 24.3 Å². The molecule has 0 bridgehead atoms. The highest BCUT2D eigenvalue weighted by Crippen LogP contribution is 2.50. The molecule has 1 amide bonds. The molecule has 0 heterocycles. The first-order valence-corrected chi connectivity index (χ1v) is 12.2. The van der Waals surface area contributed by atoms with Crippen LogP contribution in [-0.2, 0) is 25.0 Å². The minimum atomic E-state index is -3.50. The summed E-state index contributed by atoms with van der Waals surface area (Å²) in [7, 11) is -3.50. The second-order valence-electron chi connectivity index (χ2n) is 6.90. The lowest BCUT2D eigenvalue weighted by Gasteiger charge is -2.21. The van der Waals surface area contributed by atoms with E-state index in [2.05, 4.69) is 0 Å². The molecule has 0 saturated carbocycles. The maximum absolute atomic E-state index is 12.9. The molecular weight excluding hydrogens is 487 g/mol. The normalized spacial score (nSPS) is 11.5. The molecule has 34 heavy (non-hydrogen) atoms. The lowest BCUT2D eigenvalue weighted by molar-refractivity contribution is -0.385. The minimum Gasteiger partial charge on any atom is -0.480 e. The average molecular weight is 511 g/mol. The number of carbonyl (C=O) groups is 2. The maximum atomic E-state index is 12.9. The fourth-order valence-corrected chi connectivity index (χ4v) is 4.44. The Morgan fingerprint density at radius 3 is 2.29 bits per heavy atom. The molecule has 2 aromatic carbocycles. The van der Waals surface area contributed by atoms with Crippen LogP contribution in [-0.4, -0.2) is 46.6 Å². The fraction of sp³-hybridized carbons (Fsp3) is 0.273. The molecule has 0 atom stereocenters. The molecule has 10 nitrogen and oxygen atoms in total. The van der Waals surface area contributed by atoms with E-state index >= 15 is 0 Å². The molecule has 0 radical (unpaired) electrons. The highest BCUT2D eigenvalue weighted by molar-refractivity contribution is 7.57. The zero-order valence-corrected chi connectivity index (χ0v) is 20.2. The van der Waals surface area contributed by atoms with Crippen LogP contribution in [0.15, 0.2) is 48.3 Å². The topological polar surface area (TPSA) is 136 Å². The summed E-state index contributed by atoms with van der Waals surface area (Å²) in [5.74, 6) is -0.668. The second kappa shape index (κ2) is 12.4. The molecule has 182 valence electrons. The summed E-state index contributed by atoms with van der Waals surface area (Å²) in [6.45, 7) is 2.65. The zero-order valence-electron chi connectivity index (χ0n) is 18.5. The number of carboxylic acids is 1. The number of carboxylic acid groups (broad SMARTS) is 1. The van der Waals surface area contributed by atoms with Crippen molar-refractivity contribution in [3.63, 3.8) is 0 Å². The van der Waals surface area contributed by atoms with Gasteiger partial charge in [0.05, 0.1) is 24.7 Å². The number of aliphatic carboxylic acids is 1. The Labute approximate surface area is 201 Å². The Bertz CT molecular complexity index is 1110. The number of amides is 1. The van der Waals surface area contributed by atoms with E-state index in [1.807, 2.05) is 0 Å². The summed E-state index contributed by atoms with van der Waals surface area (Å²) >= 11 is 5.84. The molecule has 0 unspecified atom stereocenters. The maximum Gasteiger partial charge on any atom is 0.354 e. The van der Waals surface area contributed by atoms with E-state index in [-0.39, 0.29) is 36.6 Å². The van der Waals surface area contributed by atoms with Gasteiger partial charge >= 0.3 is 13.6 Å². The molecule has 2 aromatic rings. The molecule has 0 saturated heterocycles. The van der Waals surface area contributed by atoms with Crippen LogP contribution in [0.5, 0.6) is 0 Å². The minimum absolute atomic E-state index is 0.128. The molecule has 0 aromatic heterocycles. The van der Waals surface area contributed by atoms with Crippen LogP contribution < -0.4 is 0 Å². The summed E-state index contributed by atoms with van der Waals surface area (Å²) in [6.07, 6.45) is 1.39. The number of rotatable bonds is 12. The smallest absolute Gasteiger partial charge is 0.354 e. The highest BCUT2D eigenvalue weighted by atomic mass is 35.5. The zero-order chi connectivity index (χ0) is 25.3. The van der Waals surface area contributed by atoms with E-state index in [0.29, 0.717) is 10.6 Å². The lowest BCUT2D eigenvalue weighted by atomic mass is 10.1. The number of hydrogen-bond donors (Lipinski definition) is 1. The van der Waals surface area contributed by atoms with E-state index in [1.165, 1.54) is 54.4 Å². The van der Waals surface area contributed by atoms with Crippen LogP contribution in [0.2, 0.25) is 5.02 Å². The van der Waals surface area contributed by atoms with E-state index < -0.39 is 30.9 Å². The molecule has 0 fully saturated rings. The van der Waals surface area contributed by atoms with Crippen molar-refractivity contribution in [2.24, 2.45) is 0 Å². The summed E-state index contributed by atoms with van der Waals surface area (Å²) in [4.78, 5) is 36.3. The van der Waals surface area contributed by atoms with E-state index in [0.717, 1.165) is 4.90 Å². The number of nitro benzene ring substituents is 1. The quantitative estimate of drug-likeness (QED) is 0.233. The second-order valence-corrected chi connectivity index (χ2v) is 9.23. The van der Waals surface area contributed by atoms with Gasteiger partial charge in [0.15, 0.2) is 0 Å². The third kappa shape index (κ3) is 7.78. The standard InChI is InChI=1S/C22H24ClN2O8P/c1-3-32-34(31,33-4-2)12-11-16-5-6-18(20(13-16)25(29)30)14-24(15-21(26)27)22(28)17-7-9-19(23)10-8-17/h5-13H,3-4,14-15H2,1-2H3,(H,26,27). The van der Waals surface area contributed by atoms with Crippen molar-refractivity contribution >= 4 is 42.8 Å². The Balaban J connectivity index is 2.37. The molecule has 0 aliphatic heterocycles. The predicted octanol–water partition coefficient (Wildman–Crippen LogP) is 5.21. The number of carbonyl (C=O) groups excluding carboxylic acids is 1. The van der Waals surface area contributed by atoms with E-state index in [1.54, 1.807) is 13.8 Å². The van der Waals surface area contributed by atoms with Crippen molar-refractivity contribution in [2.75, 3.05) is 19.8 Å². The van der Waals surface area contributed by atoms with Gasteiger partial charge < -0.3 is 19.1 Å². The molecule has 1 N–H and O–H groups in total. The number of hydrogen-bond acceptors (Lipinski definition) is 7. The first-order valence-electron chi connectivity index (χ1n) is 10.2. The predicted molar refractivity (Wildman–Crippen MR) is 127 cm³/mol. The SMILES string of the molecule is CCOP(=O)(C=Cc1ccc(CN(CC(=O)O)C(=O)c2ccc(Cl)cc2)c([N+](=O)[O-])c1)OCC. The van der Waals surface area contributed by atoms with Gasteiger partial charge in [-0.15, -0.1) is 0 Å². The van der Waals surface area contributed by atoms with Gasteiger partial charge in [0.25, 0.3) is 11.6 Å². The van der Waals surface area contributed by atoms with Crippen molar-refractivity contribution in [2.45, 2.75) is 20.4 Å². The number of halogens is 1.